The highest BCUT2D eigenvalue weighted by Gasteiger charge is 2.59. The van der Waals surface area contributed by atoms with Gasteiger partial charge in [-0.2, -0.15) is 29.0 Å². The van der Waals surface area contributed by atoms with Gasteiger partial charge in [0.15, 0.2) is 5.41 Å². The van der Waals surface area contributed by atoms with E-state index < -0.39 is 40.6 Å². The van der Waals surface area contributed by atoms with Crippen molar-refractivity contribution in [3.8, 4) is 18.2 Å². The third kappa shape index (κ3) is 3.02. The summed E-state index contributed by atoms with van der Waals surface area (Å²) in [5, 5.41) is 37.9. The molecule has 9 heteroatoms. The summed E-state index contributed by atoms with van der Waals surface area (Å²) in [5.41, 5.74) is -3.73. The van der Waals surface area contributed by atoms with Gasteiger partial charge in [-0.1, -0.05) is 24.3 Å². The first-order valence-corrected chi connectivity index (χ1v) is 9.05. The van der Waals surface area contributed by atoms with Gasteiger partial charge in [0, 0.05) is 31.8 Å². The lowest BCUT2D eigenvalue weighted by molar-refractivity contribution is -0.139. The molecule has 1 saturated carbocycles. The van der Waals surface area contributed by atoms with E-state index in [0.29, 0.717) is 5.57 Å². The zero-order valence-electron chi connectivity index (χ0n) is 15.9. The van der Waals surface area contributed by atoms with Crippen LogP contribution in [-0.4, -0.2) is 29.6 Å². The average Bonchev–Trinajstić information content (AvgIpc) is 2.72. The van der Waals surface area contributed by atoms with Crippen LogP contribution in [0.1, 0.15) is 24.0 Å². The van der Waals surface area contributed by atoms with E-state index in [4.69, 9.17) is 5.41 Å². The fourth-order valence-electron chi connectivity index (χ4n) is 4.43. The Morgan fingerprint density at radius 2 is 1.87 bits per heavy atom. The lowest BCUT2D eigenvalue weighted by Crippen LogP contribution is -2.53. The normalized spacial score (nSPS) is 25.2. The van der Waals surface area contributed by atoms with Crippen molar-refractivity contribution in [3.63, 3.8) is 0 Å². The molecule has 6 nitrogen and oxygen atoms in total. The Hall–Kier alpha value is -3.64. The van der Waals surface area contributed by atoms with Crippen LogP contribution in [-0.2, 0) is 11.0 Å². The van der Waals surface area contributed by atoms with Crippen molar-refractivity contribution in [1.82, 2.24) is 4.90 Å². The predicted molar refractivity (Wildman–Crippen MR) is 98.5 cm³/mol. The summed E-state index contributed by atoms with van der Waals surface area (Å²) in [6, 6.07) is 10.1. The molecule has 2 aliphatic rings. The third-order valence-electron chi connectivity index (χ3n) is 5.84. The first-order valence-electron chi connectivity index (χ1n) is 9.05. The largest absolute Gasteiger partial charge is 0.416 e. The Balaban J connectivity index is 2.34. The minimum absolute atomic E-state index is 0.0470. The zero-order chi connectivity index (χ0) is 22.3. The highest BCUT2D eigenvalue weighted by atomic mass is 19.4. The maximum Gasteiger partial charge on any atom is 0.416 e. The zero-order valence-corrected chi connectivity index (χ0v) is 15.9. The molecule has 152 valence electrons. The number of hydrogen-bond donors (Lipinski definition) is 1. The molecule has 0 aromatic heterocycles. The quantitative estimate of drug-likeness (QED) is 0.713. The van der Waals surface area contributed by atoms with E-state index >= 15 is 0 Å². The molecule has 1 fully saturated rings. The number of nitrogens with zero attached hydrogens (tertiary/aromatic N) is 4. The van der Waals surface area contributed by atoms with Gasteiger partial charge < -0.3 is 10.3 Å². The fraction of sp³-hybridized carbons (Fsp3) is 0.381. The van der Waals surface area contributed by atoms with E-state index in [0.717, 1.165) is 6.07 Å². The van der Waals surface area contributed by atoms with E-state index in [1.807, 2.05) is 6.07 Å². The fourth-order valence-corrected chi connectivity index (χ4v) is 4.43. The first-order chi connectivity index (χ1) is 14.1. The second-order valence-corrected chi connectivity index (χ2v) is 7.30. The molecule has 0 spiro atoms. The first kappa shape index (κ1) is 21.1. The number of nitrogens with one attached hydrogen (secondary N) is 1. The number of rotatable bonds is 1. The molecular formula is C21H16F3N5O. The molecule has 1 amide bonds. The lowest BCUT2D eigenvalue weighted by atomic mass is 9.54. The molecule has 0 saturated heterocycles. The number of carbonyl (C=O) groups is 1. The van der Waals surface area contributed by atoms with Crippen LogP contribution >= 0.6 is 0 Å². The van der Waals surface area contributed by atoms with Gasteiger partial charge in [-0.3, -0.25) is 4.79 Å². The molecule has 30 heavy (non-hydrogen) atoms. The van der Waals surface area contributed by atoms with Crippen LogP contribution in [0.15, 0.2) is 35.9 Å². The summed E-state index contributed by atoms with van der Waals surface area (Å²) < 4.78 is 41.3. The molecule has 1 unspecified atom stereocenters. The second kappa shape index (κ2) is 7.31. The summed E-state index contributed by atoms with van der Waals surface area (Å²) >= 11 is 0. The van der Waals surface area contributed by atoms with Crippen molar-refractivity contribution < 1.29 is 18.0 Å². The number of halogens is 3. The lowest BCUT2D eigenvalue weighted by Gasteiger charge is -2.48. The number of carbonyl (C=O) groups excluding carboxylic acids is 1. The SMILES string of the molecule is CC(=O)N1CC=C2C(C#N)C(=N)C(C#N)(C#N)[C@H](c3ccccc3C(F)(F)F)[C@@H]2C1. The van der Waals surface area contributed by atoms with E-state index in [9.17, 15) is 33.8 Å². The smallest absolute Gasteiger partial charge is 0.339 e. The number of nitriles is 3. The Bertz CT molecular complexity index is 1060. The van der Waals surface area contributed by atoms with Crippen LogP contribution in [0.25, 0.3) is 0 Å². The Morgan fingerprint density at radius 1 is 1.23 bits per heavy atom. The van der Waals surface area contributed by atoms with Crippen LogP contribution < -0.4 is 0 Å². The molecule has 0 radical (unpaired) electrons. The van der Waals surface area contributed by atoms with E-state index in [-0.39, 0.29) is 24.6 Å². The van der Waals surface area contributed by atoms with Gasteiger partial charge in [0.2, 0.25) is 5.91 Å². The van der Waals surface area contributed by atoms with E-state index in [1.54, 1.807) is 18.2 Å². The van der Waals surface area contributed by atoms with Crippen molar-refractivity contribution in [2.24, 2.45) is 17.3 Å². The molecule has 1 aromatic carbocycles. The molecule has 1 aromatic rings. The molecule has 3 rings (SSSR count). The van der Waals surface area contributed by atoms with Crippen molar-refractivity contribution >= 4 is 11.6 Å². The molecule has 0 bridgehead atoms. The van der Waals surface area contributed by atoms with Gasteiger partial charge in [0.1, 0.15) is 5.92 Å². The Morgan fingerprint density at radius 3 is 2.40 bits per heavy atom. The molecule has 1 aliphatic carbocycles. The van der Waals surface area contributed by atoms with Crippen molar-refractivity contribution in [2.45, 2.75) is 19.0 Å². The topological polar surface area (TPSA) is 116 Å². The average molecular weight is 411 g/mol. The number of amides is 1. The van der Waals surface area contributed by atoms with Crippen LogP contribution in [0.4, 0.5) is 13.2 Å². The van der Waals surface area contributed by atoms with Gasteiger partial charge in [-0.05, 0) is 17.2 Å². The van der Waals surface area contributed by atoms with Gasteiger partial charge in [0.05, 0.1) is 29.5 Å². The van der Waals surface area contributed by atoms with Gasteiger partial charge >= 0.3 is 6.18 Å². The number of alkyl halides is 3. The highest BCUT2D eigenvalue weighted by molar-refractivity contribution is 6.01. The van der Waals surface area contributed by atoms with Crippen LogP contribution in [0.3, 0.4) is 0 Å². The minimum Gasteiger partial charge on any atom is -0.339 e. The molecule has 1 N–H and O–H groups in total. The summed E-state index contributed by atoms with van der Waals surface area (Å²) in [7, 11) is 0. The maximum atomic E-state index is 13.8. The van der Waals surface area contributed by atoms with Crippen LogP contribution in [0.5, 0.6) is 0 Å². The number of fused-ring (bicyclic) bond motifs is 1. The molecule has 1 heterocycles. The predicted octanol–water partition coefficient (Wildman–Crippen LogP) is 3.40. The second-order valence-electron chi connectivity index (χ2n) is 7.30. The summed E-state index contributed by atoms with van der Waals surface area (Å²) in [4.78, 5) is 13.3. The minimum atomic E-state index is -4.75. The van der Waals surface area contributed by atoms with Crippen molar-refractivity contribution in [1.29, 1.82) is 21.2 Å². The van der Waals surface area contributed by atoms with Gasteiger partial charge in [-0.15, -0.1) is 0 Å². The number of benzene rings is 1. The van der Waals surface area contributed by atoms with Gasteiger partial charge in [-0.25, -0.2) is 0 Å². The Labute approximate surface area is 170 Å². The monoisotopic (exact) mass is 411 g/mol. The summed E-state index contributed by atoms with van der Waals surface area (Å²) in [6.07, 6.45) is -3.19. The molecule has 1 aliphatic heterocycles. The van der Waals surface area contributed by atoms with Crippen molar-refractivity contribution in [3.05, 3.63) is 47.0 Å². The highest BCUT2D eigenvalue weighted by Crippen LogP contribution is 2.55. The van der Waals surface area contributed by atoms with Gasteiger partial charge in [0.25, 0.3) is 0 Å². The van der Waals surface area contributed by atoms with Crippen LogP contribution in [0.2, 0.25) is 0 Å². The third-order valence-corrected chi connectivity index (χ3v) is 5.84. The molecule has 3 atom stereocenters. The number of hydrogen-bond acceptors (Lipinski definition) is 5. The van der Waals surface area contributed by atoms with Crippen LogP contribution in [0, 0.1) is 56.7 Å². The Kier molecular flexibility index (Phi) is 5.14. The van der Waals surface area contributed by atoms with E-state index in [1.165, 1.54) is 30.0 Å². The van der Waals surface area contributed by atoms with E-state index in [2.05, 4.69) is 0 Å². The maximum absolute atomic E-state index is 13.8. The standard InChI is InChI=1S/C21H16F3N5O/c1-12(30)29-7-6-13-15(8-25)19(28)20(10-26,11-27)18(16(13)9-29)14-4-2-3-5-17(14)21(22,23)24/h2-6,15-16,18,28H,7,9H2,1H3/t15?,16-,18-/m1/s1. The van der Waals surface area contributed by atoms with Crippen molar-refractivity contribution in [2.75, 3.05) is 13.1 Å². The molecular weight excluding hydrogens is 395 g/mol. The summed E-state index contributed by atoms with van der Waals surface area (Å²) in [5.74, 6) is -3.78. The summed E-state index contributed by atoms with van der Waals surface area (Å²) in [6.45, 7) is 1.41.